The van der Waals surface area contributed by atoms with Gasteiger partial charge in [0, 0.05) is 37.6 Å². The normalized spacial score (nSPS) is 21.5. The Balaban J connectivity index is 1.14. The molecule has 0 unspecified atom stereocenters. The summed E-state index contributed by atoms with van der Waals surface area (Å²) >= 11 is 0. The third-order valence-electron chi connectivity index (χ3n) is 6.76. The largest absolute Gasteiger partial charge is 0.487 e. The van der Waals surface area contributed by atoms with E-state index >= 15 is 0 Å². The molecular formula is C27H29FN4O3. The minimum Gasteiger partial charge on any atom is -0.487 e. The van der Waals surface area contributed by atoms with Crippen molar-refractivity contribution in [3.8, 4) is 11.8 Å². The molecule has 1 aromatic heterocycles. The number of nitrogens with one attached hydrogen (secondary N) is 2. The van der Waals surface area contributed by atoms with Gasteiger partial charge in [-0.3, -0.25) is 9.69 Å². The van der Waals surface area contributed by atoms with Crippen molar-refractivity contribution in [2.75, 3.05) is 26.2 Å². The van der Waals surface area contributed by atoms with Gasteiger partial charge in [-0.05, 0) is 67.8 Å². The van der Waals surface area contributed by atoms with E-state index in [4.69, 9.17) is 14.4 Å². The number of hydrogen-bond donors (Lipinski definition) is 2. The average Bonchev–Trinajstić information content (AvgIpc) is 3.31. The number of alkyl halides is 1. The third-order valence-corrected chi connectivity index (χ3v) is 6.76. The SMILES string of the molecule is N#Cc1ccc(CN2CCC(NC(=O)c3cc4cc(O[C@H]5CCNC[C@@H]5F)ccc4o3)CC2)cc1. The molecule has 2 N–H and O–H groups in total. The van der Waals surface area contributed by atoms with Crippen LogP contribution in [0.4, 0.5) is 4.39 Å². The van der Waals surface area contributed by atoms with Crippen LogP contribution < -0.4 is 15.4 Å². The summed E-state index contributed by atoms with van der Waals surface area (Å²) in [5.74, 6) is 0.619. The van der Waals surface area contributed by atoms with Crippen molar-refractivity contribution in [3.63, 3.8) is 0 Å². The third kappa shape index (κ3) is 5.64. The highest BCUT2D eigenvalue weighted by atomic mass is 19.1. The number of furan rings is 1. The molecule has 3 heterocycles. The van der Waals surface area contributed by atoms with E-state index in [0.29, 0.717) is 29.9 Å². The highest BCUT2D eigenvalue weighted by Gasteiger charge is 2.27. The van der Waals surface area contributed by atoms with Gasteiger partial charge in [-0.15, -0.1) is 0 Å². The Morgan fingerprint density at radius 1 is 1.17 bits per heavy atom. The van der Waals surface area contributed by atoms with Gasteiger partial charge in [0.2, 0.25) is 0 Å². The number of carbonyl (C=O) groups excluding carboxylic acids is 1. The summed E-state index contributed by atoms with van der Waals surface area (Å²) in [6, 6.07) is 16.9. The Bertz CT molecular complexity index is 1210. The van der Waals surface area contributed by atoms with Crippen LogP contribution in [0.3, 0.4) is 0 Å². The summed E-state index contributed by atoms with van der Waals surface area (Å²) < 4.78 is 25.7. The number of nitrogens with zero attached hydrogens (tertiary/aromatic N) is 2. The first-order valence-corrected chi connectivity index (χ1v) is 12.1. The topological polar surface area (TPSA) is 90.5 Å². The van der Waals surface area contributed by atoms with E-state index in [1.807, 2.05) is 24.3 Å². The molecule has 2 aliphatic heterocycles. The summed E-state index contributed by atoms with van der Waals surface area (Å²) in [4.78, 5) is 15.2. The second-order valence-corrected chi connectivity index (χ2v) is 9.31. The molecule has 2 saturated heterocycles. The summed E-state index contributed by atoms with van der Waals surface area (Å²) in [6.45, 7) is 3.64. The van der Waals surface area contributed by atoms with Crippen LogP contribution in [0.25, 0.3) is 11.0 Å². The van der Waals surface area contributed by atoms with Crippen LogP contribution in [0, 0.1) is 11.3 Å². The van der Waals surface area contributed by atoms with Crippen molar-refractivity contribution < 1.29 is 18.3 Å². The van der Waals surface area contributed by atoms with E-state index in [1.165, 1.54) is 5.56 Å². The van der Waals surface area contributed by atoms with Gasteiger partial charge in [-0.1, -0.05) is 12.1 Å². The number of carbonyl (C=O) groups is 1. The molecule has 0 spiro atoms. The van der Waals surface area contributed by atoms with Crippen molar-refractivity contribution in [1.29, 1.82) is 5.26 Å². The molecule has 35 heavy (non-hydrogen) atoms. The molecule has 3 aromatic rings. The van der Waals surface area contributed by atoms with Crippen LogP contribution >= 0.6 is 0 Å². The number of rotatable bonds is 6. The molecule has 5 rings (SSSR count). The van der Waals surface area contributed by atoms with E-state index in [0.717, 1.165) is 44.4 Å². The van der Waals surface area contributed by atoms with E-state index in [2.05, 4.69) is 21.6 Å². The lowest BCUT2D eigenvalue weighted by Gasteiger charge is -2.32. The molecule has 1 amide bonds. The minimum absolute atomic E-state index is 0.0909. The van der Waals surface area contributed by atoms with Gasteiger partial charge >= 0.3 is 0 Å². The molecule has 8 heteroatoms. The van der Waals surface area contributed by atoms with Crippen LogP contribution in [0.1, 0.15) is 40.9 Å². The van der Waals surface area contributed by atoms with E-state index in [-0.39, 0.29) is 17.7 Å². The van der Waals surface area contributed by atoms with E-state index in [1.54, 1.807) is 24.3 Å². The van der Waals surface area contributed by atoms with Crippen molar-refractivity contribution in [2.45, 2.75) is 44.1 Å². The summed E-state index contributed by atoms with van der Waals surface area (Å²) in [7, 11) is 0. The zero-order valence-corrected chi connectivity index (χ0v) is 19.5. The maximum atomic E-state index is 14.1. The number of benzene rings is 2. The molecule has 0 saturated carbocycles. The van der Waals surface area contributed by atoms with Crippen LogP contribution in [0.5, 0.6) is 5.75 Å². The Morgan fingerprint density at radius 3 is 2.71 bits per heavy atom. The summed E-state index contributed by atoms with van der Waals surface area (Å²) in [5, 5.41) is 15.8. The molecule has 0 radical (unpaired) electrons. The lowest BCUT2D eigenvalue weighted by atomic mass is 10.0. The smallest absolute Gasteiger partial charge is 0.287 e. The Morgan fingerprint density at radius 2 is 1.97 bits per heavy atom. The first-order valence-electron chi connectivity index (χ1n) is 12.1. The first kappa shape index (κ1) is 23.3. The van der Waals surface area contributed by atoms with E-state index < -0.39 is 12.3 Å². The molecule has 182 valence electrons. The quantitative estimate of drug-likeness (QED) is 0.563. The molecule has 2 aliphatic rings. The zero-order valence-electron chi connectivity index (χ0n) is 19.5. The van der Waals surface area contributed by atoms with Crippen molar-refractivity contribution in [3.05, 3.63) is 65.4 Å². The zero-order chi connectivity index (χ0) is 24.2. The van der Waals surface area contributed by atoms with Gasteiger partial charge in [-0.2, -0.15) is 5.26 Å². The van der Waals surface area contributed by atoms with Crippen LogP contribution in [-0.4, -0.2) is 55.3 Å². The number of hydrogen-bond acceptors (Lipinski definition) is 6. The summed E-state index contributed by atoms with van der Waals surface area (Å²) in [6.07, 6.45) is 0.832. The van der Waals surface area contributed by atoms with Gasteiger partial charge in [0.1, 0.15) is 23.6 Å². The molecule has 0 aliphatic carbocycles. The second kappa shape index (κ2) is 10.5. The monoisotopic (exact) mass is 476 g/mol. The predicted molar refractivity (Wildman–Crippen MR) is 130 cm³/mol. The predicted octanol–water partition coefficient (Wildman–Crippen LogP) is 3.78. The van der Waals surface area contributed by atoms with Gasteiger partial charge in [0.05, 0.1) is 11.6 Å². The number of fused-ring (bicyclic) bond motifs is 1. The van der Waals surface area contributed by atoms with Crippen LogP contribution in [0.2, 0.25) is 0 Å². The first-order chi connectivity index (χ1) is 17.1. The molecule has 7 nitrogen and oxygen atoms in total. The Labute approximate surface area is 203 Å². The standard InChI is InChI=1S/C27H29FN4O3/c28-23-16-30-10-7-25(23)34-22-5-6-24-20(13-22)14-26(35-24)27(33)31-21-8-11-32(12-9-21)17-19-3-1-18(15-29)2-4-19/h1-6,13-14,21,23,25,30H,7-12,16-17H2,(H,31,33)/t23-,25-/m0/s1. The number of likely N-dealkylation sites (tertiary alicyclic amines) is 1. The fourth-order valence-electron chi connectivity index (χ4n) is 4.75. The molecule has 2 fully saturated rings. The highest BCUT2D eigenvalue weighted by molar-refractivity contribution is 5.96. The van der Waals surface area contributed by atoms with Crippen molar-refractivity contribution >= 4 is 16.9 Å². The number of nitriles is 1. The van der Waals surface area contributed by atoms with Crippen LogP contribution in [-0.2, 0) is 6.54 Å². The molecule has 2 aromatic carbocycles. The molecular weight excluding hydrogens is 447 g/mol. The summed E-state index contributed by atoms with van der Waals surface area (Å²) in [5.41, 5.74) is 2.45. The molecule has 0 bridgehead atoms. The lowest BCUT2D eigenvalue weighted by molar-refractivity contribution is 0.0733. The van der Waals surface area contributed by atoms with Gasteiger partial charge in [-0.25, -0.2) is 4.39 Å². The lowest BCUT2D eigenvalue weighted by Crippen LogP contribution is -2.44. The highest BCUT2D eigenvalue weighted by Crippen LogP contribution is 2.27. The number of piperidine rings is 2. The van der Waals surface area contributed by atoms with Gasteiger partial charge in [0.25, 0.3) is 5.91 Å². The maximum absolute atomic E-state index is 14.1. The van der Waals surface area contributed by atoms with Crippen molar-refractivity contribution in [2.24, 2.45) is 0 Å². The number of ether oxygens (including phenoxy) is 1. The number of halogens is 1. The van der Waals surface area contributed by atoms with Gasteiger partial charge in [0.15, 0.2) is 5.76 Å². The van der Waals surface area contributed by atoms with Crippen LogP contribution in [0.15, 0.2) is 52.9 Å². The fraction of sp³-hybridized carbons (Fsp3) is 0.407. The average molecular weight is 477 g/mol. The fourth-order valence-corrected chi connectivity index (χ4v) is 4.75. The second-order valence-electron chi connectivity index (χ2n) is 9.31. The van der Waals surface area contributed by atoms with Gasteiger partial charge < -0.3 is 19.8 Å². The van der Waals surface area contributed by atoms with E-state index in [9.17, 15) is 9.18 Å². The van der Waals surface area contributed by atoms with Crippen molar-refractivity contribution in [1.82, 2.24) is 15.5 Å². The number of amides is 1. The minimum atomic E-state index is -1.04. The Hall–Kier alpha value is -3.41. The Kier molecular flexibility index (Phi) is 6.98. The maximum Gasteiger partial charge on any atom is 0.287 e. The molecule has 2 atom stereocenters.